The van der Waals surface area contributed by atoms with Gasteiger partial charge in [-0.05, 0) is 37.3 Å². The highest BCUT2D eigenvalue weighted by Gasteiger charge is 2.42. The molecule has 2 heterocycles. The Kier molecular flexibility index (Phi) is 4.04. The molecule has 1 saturated heterocycles. The minimum atomic E-state index is -3.60. The van der Waals surface area contributed by atoms with Gasteiger partial charge in [0.15, 0.2) is 0 Å². The Morgan fingerprint density at radius 3 is 2.81 bits per heavy atom. The Morgan fingerprint density at radius 2 is 2.14 bits per heavy atom. The summed E-state index contributed by atoms with van der Waals surface area (Å²) in [7, 11) is -3.60. The highest BCUT2D eigenvalue weighted by molar-refractivity contribution is 7.91. The Bertz CT molecular complexity index is 635. The quantitative estimate of drug-likeness (QED) is 0.817. The monoisotopic (exact) mass is 331 g/mol. The predicted octanol–water partition coefficient (Wildman–Crippen LogP) is 1.22. The number of sulfonamides is 1. The zero-order valence-electron chi connectivity index (χ0n) is 11.3. The summed E-state index contributed by atoms with van der Waals surface area (Å²) < 4.78 is 33.3. The SMILES string of the molecule is O=C(O)Cc1ccc(S(=O)(=O)NC2CCOC2C2CC2)s1. The average Bonchev–Trinajstić information content (AvgIpc) is 2.94. The largest absolute Gasteiger partial charge is 0.481 e. The van der Waals surface area contributed by atoms with Crippen molar-refractivity contribution in [1.29, 1.82) is 0 Å². The number of aliphatic carboxylic acids is 1. The lowest BCUT2D eigenvalue weighted by atomic mass is 10.1. The van der Waals surface area contributed by atoms with Gasteiger partial charge < -0.3 is 9.84 Å². The summed E-state index contributed by atoms with van der Waals surface area (Å²) in [6, 6.07) is 2.84. The van der Waals surface area contributed by atoms with E-state index < -0.39 is 16.0 Å². The summed E-state index contributed by atoms with van der Waals surface area (Å²) >= 11 is 1.00. The van der Waals surface area contributed by atoms with E-state index in [1.807, 2.05) is 0 Å². The van der Waals surface area contributed by atoms with Gasteiger partial charge in [0.05, 0.1) is 18.6 Å². The van der Waals surface area contributed by atoms with Gasteiger partial charge in [0.25, 0.3) is 0 Å². The summed E-state index contributed by atoms with van der Waals surface area (Å²) in [4.78, 5) is 11.2. The Labute approximate surface area is 127 Å². The number of carbonyl (C=O) groups is 1. The van der Waals surface area contributed by atoms with E-state index in [0.29, 0.717) is 23.8 Å². The van der Waals surface area contributed by atoms with Crippen molar-refractivity contribution in [3.8, 4) is 0 Å². The van der Waals surface area contributed by atoms with Crippen LogP contribution in [0.25, 0.3) is 0 Å². The van der Waals surface area contributed by atoms with Crippen LogP contribution in [0.4, 0.5) is 0 Å². The molecule has 2 aliphatic rings. The molecule has 6 nitrogen and oxygen atoms in total. The molecule has 2 unspecified atom stereocenters. The molecule has 8 heteroatoms. The molecule has 2 N–H and O–H groups in total. The van der Waals surface area contributed by atoms with E-state index in [-0.39, 0.29) is 22.8 Å². The number of nitrogens with one attached hydrogen (secondary N) is 1. The van der Waals surface area contributed by atoms with E-state index in [4.69, 9.17) is 9.84 Å². The summed E-state index contributed by atoms with van der Waals surface area (Å²) in [6.45, 7) is 0.586. The van der Waals surface area contributed by atoms with E-state index in [0.717, 1.165) is 24.2 Å². The van der Waals surface area contributed by atoms with Crippen LogP contribution in [-0.2, 0) is 26.0 Å². The molecule has 1 saturated carbocycles. The molecule has 0 aromatic carbocycles. The third kappa shape index (κ3) is 3.45. The molecule has 0 amide bonds. The van der Waals surface area contributed by atoms with Gasteiger partial charge in [-0.1, -0.05) is 0 Å². The number of hydrogen-bond donors (Lipinski definition) is 2. The highest BCUT2D eigenvalue weighted by Crippen LogP contribution is 2.39. The smallest absolute Gasteiger partial charge is 0.308 e. The molecule has 0 radical (unpaired) electrons. The zero-order chi connectivity index (χ0) is 15.0. The predicted molar refractivity (Wildman–Crippen MR) is 76.8 cm³/mol. The first kappa shape index (κ1) is 15.0. The van der Waals surface area contributed by atoms with Crippen LogP contribution in [-0.4, -0.2) is 38.2 Å². The number of hydrogen-bond acceptors (Lipinski definition) is 5. The van der Waals surface area contributed by atoms with Crippen molar-refractivity contribution in [1.82, 2.24) is 4.72 Å². The molecule has 1 aromatic rings. The van der Waals surface area contributed by atoms with Gasteiger partial charge in [-0.15, -0.1) is 11.3 Å². The summed E-state index contributed by atoms with van der Waals surface area (Å²) in [5, 5.41) is 8.74. The number of rotatable bonds is 6. The minimum Gasteiger partial charge on any atom is -0.481 e. The maximum atomic E-state index is 12.4. The average molecular weight is 331 g/mol. The highest BCUT2D eigenvalue weighted by atomic mass is 32.2. The maximum Gasteiger partial charge on any atom is 0.308 e. The fourth-order valence-electron chi connectivity index (χ4n) is 2.63. The lowest BCUT2D eigenvalue weighted by molar-refractivity contribution is -0.136. The summed E-state index contributed by atoms with van der Waals surface area (Å²) in [5.74, 6) is -0.488. The summed E-state index contributed by atoms with van der Waals surface area (Å²) in [6.07, 6.45) is 2.72. The lowest BCUT2D eigenvalue weighted by Crippen LogP contribution is -2.41. The summed E-state index contributed by atoms with van der Waals surface area (Å²) in [5.41, 5.74) is 0. The lowest BCUT2D eigenvalue weighted by Gasteiger charge is -2.18. The molecule has 2 fully saturated rings. The first-order valence-electron chi connectivity index (χ1n) is 6.90. The third-order valence-electron chi connectivity index (χ3n) is 3.76. The zero-order valence-corrected chi connectivity index (χ0v) is 13.0. The van der Waals surface area contributed by atoms with Crippen molar-refractivity contribution < 1.29 is 23.1 Å². The molecule has 1 aromatic heterocycles. The van der Waals surface area contributed by atoms with Crippen LogP contribution in [0.5, 0.6) is 0 Å². The topological polar surface area (TPSA) is 92.7 Å². The van der Waals surface area contributed by atoms with E-state index in [2.05, 4.69) is 4.72 Å². The van der Waals surface area contributed by atoms with E-state index in [1.54, 1.807) is 6.07 Å². The van der Waals surface area contributed by atoms with Gasteiger partial charge in [0.2, 0.25) is 10.0 Å². The van der Waals surface area contributed by atoms with E-state index in [1.165, 1.54) is 6.07 Å². The van der Waals surface area contributed by atoms with Crippen LogP contribution in [0.2, 0.25) is 0 Å². The molecule has 2 atom stereocenters. The molecule has 116 valence electrons. The minimum absolute atomic E-state index is 0.0155. The second-order valence-electron chi connectivity index (χ2n) is 5.48. The third-order valence-corrected chi connectivity index (χ3v) is 6.82. The van der Waals surface area contributed by atoms with Crippen molar-refractivity contribution in [2.45, 2.75) is 42.0 Å². The second kappa shape index (κ2) is 5.68. The Hall–Kier alpha value is -0.960. The van der Waals surface area contributed by atoms with Gasteiger partial charge in [0, 0.05) is 11.5 Å². The molecule has 0 bridgehead atoms. The second-order valence-corrected chi connectivity index (χ2v) is 8.59. The van der Waals surface area contributed by atoms with Crippen LogP contribution in [0.1, 0.15) is 24.1 Å². The molecular formula is C13H17NO5S2. The van der Waals surface area contributed by atoms with E-state index >= 15 is 0 Å². The van der Waals surface area contributed by atoms with Gasteiger partial charge in [-0.25, -0.2) is 13.1 Å². The number of thiophene rings is 1. The van der Waals surface area contributed by atoms with Crippen LogP contribution < -0.4 is 4.72 Å². The van der Waals surface area contributed by atoms with Crippen molar-refractivity contribution in [2.75, 3.05) is 6.61 Å². The van der Waals surface area contributed by atoms with Crippen LogP contribution in [0.15, 0.2) is 16.3 Å². The fourth-order valence-corrected chi connectivity index (χ4v) is 5.28. The molecule has 1 aliphatic carbocycles. The fraction of sp³-hybridized carbons (Fsp3) is 0.615. The number of carboxylic acid groups (broad SMARTS) is 1. The van der Waals surface area contributed by atoms with Crippen LogP contribution in [0, 0.1) is 5.92 Å². The van der Waals surface area contributed by atoms with Crippen LogP contribution >= 0.6 is 11.3 Å². The Balaban J connectivity index is 1.71. The first-order valence-corrected chi connectivity index (χ1v) is 9.20. The van der Waals surface area contributed by atoms with Gasteiger partial charge in [-0.3, -0.25) is 4.79 Å². The van der Waals surface area contributed by atoms with Gasteiger partial charge >= 0.3 is 5.97 Å². The standard InChI is InChI=1S/C13H17NO5S2/c15-11(16)7-9-3-4-12(20-9)21(17,18)14-10-5-6-19-13(10)8-1-2-8/h3-4,8,10,13-14H,1-2,5-7H2,(H,15,16). The van der Waals surface area contributed by atoms with Gasteiger partial charge in [-0.2, -0.15) is 0 Å². The van der Waals surface area contributed by atoms with Crippen molar-refractivity contribution in [3.63, 3.8) is 0 Å². The number of carboxylic acids is 1. The van der Waals surface area contributed by atoms with Crippen molar-refractivity contribution in [2.24, 2.45) is 5.92 Å². The first-order chi connectivity index (χ1) is 9.95. The molecule has 0 spiro atoms. The number of ether oxygens (including phenoxy) is 1. The van der Waals surface area contributed by atoms with Gasteiger partial charge in [0.1, 0.15) is 4.21 Å². The van der Waals surface area contributed by atoms with Crippen molar-refractivity contribution in [3.05, 3.63) is 17.0 Å². The maximum absolute atomic E-state index is 12.4. The molecule has 21 heavy (non-hydrogen) atoms. The normalized spacial score (nSPS) is 26.1. The van der Waals surface area contributed by atoms with E-state index in [9.17, 15) is 13.2 Å². The van der Waals surface area contributed by atoms with Crippen molar-refractivity contribution >= 4 is 27.3 Å². The molecule has 1 aliphatic heterocycles. The molecular weight excluding hydrogens is 314 g/mol. The Morgan fingerprint density at radius 1 is 1.38 bits per heavy atom. The van der Waals surface area contributed by atoms with Crippen LogP contribution in [0.3, 0.4) is 0 Å². The molecule has 3 rings (SSSR count).